The molecule has 14 heavy (non-hydrogen) atoms. The Balaban J connectivity index is 2.09. The van der Waals surface area contributed by atoms with E-state index in [-0.39, 0.29) is 6.03 Å². The number of carbonyl (C=O) groups excluding carboxylic acids is 1. The van der Waals surface area contributed by atoms with Gasteiger partial charge >= 0.3 is 6.03 Å². The first-order chi connectivity index (χ1) is 6.65. The summed E-state index contributed by atoms with van der Waals surface area (Å²) in [5.41, 5.74) is 0. The average molecular weight is 198 g/mol. The van der Waals surface area contributed by atoms with Crippen molar-refractivity contribution in [3.63, 3.8) is 0 Å². The summed E-state index contributed by atoms with van der Waals surface area (Å²) in [6.07, 6.45) is 3.48. The lowest BCUT2D eigenvalue weighted by molar-refractivity contribution is 0.206. The zero-order chi connectivity index (χ0) is 10.6. The molecular formula is C11H22N2O. The number of amides is 2. The maximum Gasteiger partial charge on any atom is 0.317 e. The summed E-state index contributed by atoms with van der Waals surface area (Å²) in [6.45, 7) is 6.09. The molecule has 0 aromatic heterocycles. The van der Waals surface area contributed by atoms with Gasteiger partial charge in [-0.15, -0.1) is 0 Å². The smallest absolute Gasteiger partial charge is 0.317 e. The van der Waals surface area contributed by atoms with E-state index in [2.05, 4.69) is 19.2 Å². The van der Waals surface area contributed by atoms with Crippen LogP contribution < -0.4 is 5.32 Å². The molecule has 3 nitrogen and oxygen atoms in total. The molecule has 0 heterocycles. The van der Waals surface area contributed by atoms with Crippen LogP contribution in [0, 0.1) is 11.8 Å². The second-order valence-corrected chi connectivity index (χ2v) is 4.44. The lowest BCUT2D eigenvalue weighted by Gasteiger charge is -2.17. The third-order valence-corrected chi connectivity index (χ3v) is 2.94. The third-order valence-electron chi connectivity index (χ3n) is 2.94. The minimum absolute atomic E-state index is 0.0811. The van der Waals surface area contributed by atoms with Crippen molar-refractivity contribution in [2.24, 2.45) is 11.8 Å². The van der Waals surface area contributed by atoms with E-state index < -0.39 is 0 Å². The zero-order valence-electron chi connectivity index (χ0n) is 9.55. The quantitative estimate of drug-likeness (QED) is 0.674. The van der Waals surface area contributed by atoms with E-state index in [1.807, 2.05) is 11.9 Å². The molecule has 1 N–H and O–H groups in total. The Labute approximate surface area is 86.9 Å². The Morgan fingerprint density at radius 1 is 1.57 bits per heavy atom. The van der Waals surface area contributed by atoms with Crippen LogP contribution in [0.2, 0.25) is 0 Å². The van der Waals surface area contributed by atoms with Crippen LogP contribution in [0.15, 0.2) is 0 Å². The molecule has 1 aliphatic rings. The van der Waals surface area contributed by atoms with Crippen LogP contribution in [0.3, 0.4) is 0 Å². The van der Waals surface area contributed by atoms with E-state index in [0.29, 0.717) is 0 Å². The highest BCUT2D eigenvalue weighted by Crippen LogP contribution is 2.37. The van der Waals surface area contributed by atoms with Gasteiger partial charge in [-0.25, -0.2) is 4.79 Å². The normalized spacial score (nSPS) is 24.5. The van der Waals surface area contributed by atoms with Crippen molar-refractivity contribution in [3.05, 3.63) is 0 Å². The molecule has 1 rings (SSSR count). The van der Waals surface area contributed by atoms with E-state index in [1.165, 1.54) is 6.42 Å². The van der Waals surface area contributed by atoms with Crippen LogP contribution in [-0.4, -0.2) is 31.1 Å². The summed E-state index contributed by atoms with van der Waals surface area (Å²) in [4.78, 5) is 13.3. The van der Waals surface area contributed by atoms with Crippen LogP contribution in [0.25, 0.3) is 0 Å². The molecule has 1 saturated carbocycles. The molecule has 0 bridgehead atoms. The lowest BCUT2D eigenvalue weighted by Crippen LogP contribution is -2.38. The number of nitrogens with zero attached hydrogens (tertiary/aromatic N) is 1. The van der Waals surface area contributed by atoms with Crippen LogP contribution in [0.4, 0.5) is 4.79 Å². The molecule has 0 saturated heterocycles. The van der Waals surface area contributed by atoms with Gasteiger partial charge in [-0.1, -0.05) is 20.3 Å². The van der Waals surface area contributed by atoms with Crippen molar-refractivity contribution in [2.75, 3.05) is 20.1 Å². The first-order valence-electron chi connectivity index (χ1n) is 5.64. The van der Waals surface area contributed by atoms with E-state index in [4.69, 9.17) is 0 Å². The van der Waals surface area contributed by atoms with Crippen LogP contribution in [-0.2, 0) is 0 Å². The Morgan fingerprint density at radius 3 is 2.71 bits per heavy atom. The second kappa shape index (κ2) is 5.23. The topological polar surface area (TPSA) is 32.3 Å². The molecule has 2 amide bonds. The van der Waals surface area contributed by atoms with Crippen molar-refractivity contribution in [1.82, 2.24) is 10.2 Å². The van der Waals surface area contributed by atoms with Crippen molar-refractivity contribution in [3.8, 4) is 0 Å². The van der Waals surface area contributed by atoms with Crippen molar-refractivity contribution in [2.45, 2.75) is 33.1 Å². The van der Waals surface area contributed by atoms with Gasteiger partial charge in [0.15, 0.2) is 0 Å². The minimum atomic E-state index is 0.0811. The van der Waals surface area contributed by atoms with Gasteiger partial charge in [0.1, 0.15) is 0 Å². The molecule has 0 spiro atoms. The minimum Gasteiger partial charge on any atom is -0.338 e. The first kappa shape index (κ1) is 11.3. The number of nitrogens with one attached hydrogen (secondary N) is 1. The Kier molecular flexibility index (Phi) is 4.23. The molecule has 1 fully saturated rings. The molecular weight excluding hydrogens is 176 g/mol. The zero-order valence-corrected chi connectivity index (χ0v) is 9.55. The fourth-order valence-corrected chi connectivity index (χ4v) is 1.60. The fourth-order valence-electron chi connectivity index (χ4n) is 1.60. The SMILES string of the molecule is CCCCNC(=O)N(C)CC1CC1C. The number of urea groups is 1. The van der Waals surface area contributed by atoms with Gasteiger partial charge in [0, 0.05) is 20.1 Å². The molecule has 2 atom stereocenters. The summed E-state index contributed by atoms with van der Waals surface area (Å²) in [7, 11) is 1.88. The summed E-state index contributed by atoms with van der Waals surface area (Å²) < 4.78 is 0. The van der Waals surface area contributed by atoms with Crippen molar-refractivity contribution < 1.29 is 4.79 Å². The lowest BCUT2D eigenvalue weighted by atomic mass is 10.3. The van der Waals surface area contributed by atoms with Gasteiger partial charge in [0.05, 0.1) is 0 Å². The van der Waals surface area contributed by atoms with E-state index in [9.17, 15) is 4.79 Å². The van der Waals surface area contributed by atoms with Crippen LogP contribution in [0.5, 0.6) is 0 Å². The molecule has 0 radical (unpaired) electrons. The number of hydrogen-bond acceptors (Lipinski definition) is 1. The maximum absolute atomic E-state index is 11.5. The molecule has 3 heteroatoms. The van der Waals surface area contributed by atoms with E-state index in [1.54, 1.807) is 0 Å². The monoisotopic (exact) mass is 198 g/mol. The maximum atomic E-state index is 11.5. The number of rotatable bonds is 5. The molecule has 82 valence electrons. The van der Waals surface area contributed by atoms with Gasteiger partial charge in [0.2, 0.25) is 0 Å². The van der Waals surface area contributed by atoms with Crippen molar-refractivity contribution in [1.29, 1.82) is 0 Å². The molecule has 1 aliphatic carbocycles. The highest BCUT2D eigenvalue weighted by Gasteiger charge is 2.34. The van der Waals surface area contributed by atoms with Gasteiger partial charge in [-0.3, -0.25) is 0 Å². The third kappa shape index (κ3) is 3.56. The van der Waals surface area contributed by atoms with Gasteiger partial charge in [0.25, 0.3) is 0 Å². The number of unbranched alkanes of at least 4 members (excludes halogenated alkanes) is 1. The van der Waals surface area contributed by atoms with Gasteiger partial charge in [-0.2, -0.15) is 0 Å². The van der Waals surface area contributed by atoms with Crippen molar-refractivity contribution >= 4 is 6.03 Å². The standard InChI is InChI=1S/C11H22N2O/c1-4-5-6-12-11(14)13(3)8-10-7-9(10)2/h9-10H,4-8H2,1-3H3,(H,12,14). The highest BCUT2D eigenvalue weighted by atomic mass is 16.2. The summed E-state index contributed by atoms with van der Waals surface area (Å²) in [5, 5.41) is 2.92. The average Bonchev–Trinajstić information content (AvgIpc) is 2.82. The summed E-state index contributed by atoms with van der Waals surface area (Å²) in [6, 6.07) is 0.0811. The predicted molar refractivity (Wildman–Crippen MR) is 58.2 cm³/mol. The molecule has 0 aromatic carbocycles. The Hall–Kier alpha value is -0.730. The molecule has 0 aliphatic heterocycles. The Bertz CT molecular complexity index is 194. The molecule has 2 unspecified atom stereocenters. The van der Waals surface area contributed by atoms with Crippen LogP contribution >= 0.6 is 0 Å². The fraction of sp³-hybridized carbons (Fsp3) is 0.909. The Morgan fingerprint density at radius 2 is 2.21 bits per heavy atom. The summed E-state index contributed by atoms with van der Waals surface area (Å²) >= 11 is 0. The predicted octanol–water partition coefficient (Wildman–Crippen LogP) is 2.08. The van der Waals surface area contributed by atoms with E-state index in [0.717, 1.165) is 37.8 Å². The first-order valence-corrected chi connectivity index (χ1v) is 5.64. The number of carbonyl (C=O) groups is 1. The second-order valence-electron chi connectivity index (χ2n) is 4.44. The highest BCUT2D eigenvalue weighted by molar-refractivity contribution is 5.73. The van der Waals surface area contributed by atoms with Crippen LogP contribution in [0.1, 0.15) is 33.1 Å². The number of hydrogen-bond donors (Lipinski definition) is 1. The van der Waals surface area contributed by atoms with Gasteiger partial charge < -0.3 is 10.2 Å². The summed E-state index contributed by atoms with van der Waals surface area (Å²) in [5.74, 6) is 1.57. The molecule has 0 aromatic rings. The van der Waals surface area contributed by atoms with Gasteiger partial charge in [-0.05, 0) is 24.7 Å². The largest absolute Gasteiger partial charge is 0.338 e. The van der Waals surface area contributed by atoms with E-state index >= 15 is 0 Å².